The minimum atomic E-state index is -0.524. The number of hydrogen-bond acceptors (Lipinski definition) is 4. The van der Waals surface area contributed by atoms with Gasteiger partial charge in [0, 0.05) is 5.92 Å². The fourth-order valence-electron chi connectivity index (χ4n) is 4.09. The predicted molar refractivity (Wildman–Crippen MR) is 119 cm³/mol. The van der Waals surface area contributed by atoms with Crippen molar-refractivity contribution < 1.29 is 19.0 Å². The van der Waals surface area contributed by atoms with E-state index in [4.69, 9.17) is 14.2 Å². The maximum atomic E-state index is 13.0. The molecule has 1 aliphatic rings. The van der Waals surface area contributed by atoms with Crippen LogP contribution in [-0.2, 0) is 16.1 Å². The molecule has 0 aliphatic carbocycles. The van der Waals surface area contributed by atoms with E-state index in [0.717, 1.165) is 23.1 Å². The highest BCUT2D eigenvalue weighted by atomic mass is 16.7. The Morgan fingerprint density at radius 1 is 1.00 bits per heavy atom. The quantitative estimate of drug-likeness (QED) is 0.541. The summed E-state index contributed by atoms with van der Waals surface area (Å²) >= 11 is 0. The zero-order valence-corrected chi connectivity index (χ0v) is 19.0. The van der Waals surface area contributed by atoms with Crippen molar-refractivity contribution >= 4 is 5.97 Å². The molecule has 30 heavy (non-hydrogen) atoms. The van der Waals surface area contributed by atoms with Gasteiger partial charge in [0.1, 0.15) is 12.4 Å². The molecule has 2 aromatic rings. The number of esters is 1. The van der Waals surface area contributed by atoms with Gasteiger partial charge in [0.05, 0.1) is 11.7 Å². The largest absolute Gasteiger partial charge is 0.489 e. The molecule has 3 unspecified atom stereocenters. The smallest absolute Gasteiger partial charge is 0.340 e. The van der Waals surface area contributed by atoms with Crippen LogP contribution in [0.3, 0.4) is 0 Å². The molecule has 0 spiro atoms. The number of ether oxygens (including phenoxy) is 3. The Balaban J connectivity index is 1.74. The van der Waals surface area contributed by atoms with Crippen molar-refractivity contribution in [3.63, 3.8) is 0 Å². The molecule has 0 bridgehead atoms. The summed E-state index contributed by atoms with van der Waals surface area (Å²) in [6.07, 6.45) is 0.496. The molecule has 1 heterocycles. The number of aryl methyl sites for hydroxylation is 1. The first-order valence-electron chi connectivity index (χ1n) is 11.0. The minimum Gasteiger partial charge on any atom is -0.489 e. The molecule has 5 atom stereocenters. The lowest BCUT2D eigenvalue weighted by atomic mass is 9.78. The van der Waals surface area contributed by atoms with Crippen molar-refractivity contribution in [2.75, 3.05) is 0 Å². The summed E-state index contributed by atoms with van der Waals surface area (Å²) in [7, 11) is 0. The summed E-state index contributed by atoms with van der Waals surface area (Å²) in [6, 6.07) is 13.6. The third-order valence-electron chi connectivity index (χ3n) is 6.70. The first-order valence-corrected chi connectivity index (χ1v) is 11.0. The van der Waals surface area contributed by atoms with Crippen molar-refractivity contribution in [3.8, 4) is 5.75 Å². The van der Waals surface area contributed by atoms with Crippen LogP contribution >= 0.6 is 0 Å². The van der Waals surface area contributed by atoms with E-state index in [-0.39, 0.29) is 18.0 Å². The summed E-state index contributed by atoms with van der Waals surface area (Å²) in [5.74, 6) is 1.35. The normalized spacial score (nSPS) is 26.3. The Hall–Kier alpha value is -2.33. The monoisotopic (exact) mass is 410 g/mol. The van der Waals surface area contributed by atoms with Crippen LogP contribution in [0.5, 0.6) is 5.75 Å². The molecule has 0 amide bonds. The van der Waals surface area contributed by atoms with Crippen LogP contribution in [0, 0.1) is 31.6 Å². The lowest BCUT2D eigenvalue weighted by molar-refractivity contribution is -0.224. The number of benzene rings is 2. The van der Waals surface area contributed by atoms with Gasteiger partial charge in [-0.2, -0.15) is 0 Å². The second-order valence-electron chi connectivity index (χ2n) is 8.62. The van der Waals surface area contributed by atoms with Crippen LogP contribution in [0.15, 0.2) is 42.5 Å². The molecule has 4 heteroatoms. The Labute approximate surface area is 180 Å². The van der Waals surface area contributed by atoms with Crippen LogP contribution < -0.4 is 4.74 Å². The third-order valence-corrected chi connectivity index (χ3v) is 6.70. The van der Waals surface area contributed by atoms with Crippen LogP contribution in [0.1, 0.15) is 61.2 Å². The highest BCUT2D eigenvalue weighted by Crippen LogP contribution is 2.37. The van der Waals surface area contributed by atoms with Gasteiger partial charge in [-0.25, -0.2) is 4.79 Å². The van der Waals surface area contributed by atoms with Gasteiger partial charge >= 0.3 is 5.97 Å². The minimum absolute atomic E-state index is 0.110. The molecular weight excluding hydrogens is 376 g/mol. The molecule has 0 aromatic heterocycles. The van der Waals surface area contributed by atoms with Crippen molar-refractivity contribution in [2.45, 2.75) is 67.0 Å². The van der Waals surface area contributed by atoms with Crippen LogP contribution in [0.2, 0.25) is 0 Å². The van der Waals surface area contributed by atoms with E-state index in [1.54, 1.807) is 6.07 Å². The van der Waals surface area contributed by atoms with Crippen molar-refractivity contribution in [2.24, 2.45) is 17.8 Å². The number of hydrogen-bond donors (Lipinski definition) is 0. The van der Waals surface area contributed by atoms with E-state index in [1.165, 1.54) is 0 Å². The second-order valence-corrected chi connectivity index (χ2v) is 8.62. The van der Waals surface area contributed by atoms with Crippen LogP contribution in [-0.4, -0.2) is 18.4 Å². The molecule has 3 rings (SSSR count). The zero-order valence-electron chi connectivity index (χ0n) is 19.0. The van der Waals surface area contributed by atoms with Gasteiger partial charge in [-0.1, -0.05) is 58.0 Å². The molecule has 0 radical (unpaired) electrons. The highest BCUT2D eigenvalue weighted by molar-refractivity contribution is 5.90. The molecule has 1 aliphatic heterocycles. The maximum absolute atomic E-state index is 13.0. The topological polar surface area (TPSA) is 44.8 Å². The van der Waals surface area contributed by atoms with E-state index in [2.05, 4.69) is 27.7 Å². The average molecular weight is 411 g/mol. The summed E-state index contributed by atoms with van der Waals surface area (Å²) < 4.78 is 18.0. The van der Waals surface area contributed by atoms with E-state index in [0.29, 0.717) is 29.8 Å². The second kappa shape index (κ2) is 9.65. The number of carbonyl (C=O) groups is 1. The first kappa shape index (κ1) is 22.4. The average Bonchev–Trinajstić information content (AvgIpc) is 2.75. The fourth-order valence-corrected chi connectivity index (χ4v) is 4.09. The zero-order chi connectivity index (χ0) is 21.8. The first-order chi connectivity index (χ1) is 14.3. The molecule has 162 valence electrons. The van der Waals surface area contributed by atoms with E-state index < -0.39 is 6.29 Å². The molecule has 0 saturated carbocycles. The van der Waals surface area contributed by atoms with Crippen LogP contribution in [0.25, 0.3) is 0 Å². The standard InChI is InChI=1S/C26H34O4/c1-7-23-19(5)18(4)20(6)26(29-23)30-25(27)22-13-16(2)17(3)24(14-22)28-15-21-11-9-8-10-12-21/h8-14,18-20,23,26H,7,15H2,1-6H3/t18-,19?,20+,23?,26?/m0/s1. The third kappa shape index (κ3) is 4.86. The van der Waals surface area contributed by atoms with Gasteiger partial charge in [-0.05, 0) is 60.9 Å². The SMILES string of the molecule is CCC1OC(OC(=O)c2cc(C)c(C)c(OCc3ccccc3)c2)[C@H](C)[C@@H](C)C1C. The summed E-state index contributed by atoms with van der Waals surface area (Å²) in [4.78, 5) is 13.0. The van der Waals surface area contributed by atoms with Crippen molar-refractivity contribution in [1.82, 2.24) is 0 Å². The molecule has 1 fully saturated rings. The highest BCUT2D eigenvalue weighted by Gasteiger charge is 2.40. The fraction of sp³-hybridized carbons (Fsp3) is 0.500. The van der Waals surface area contributed by atoms with E-state index in [1.807, 2.05) is 50.2 Å². The lowest BCUT2D eigenvalue weighted by Gasteiger charge is -2.42. The van der Waals surface area contributed by atoms with Gasteiger partial charge in [0.2, 0.25) is 6.29 Å². The van der Waals surface area contributed by atoms with E-state index in [9.17, 15) is 4.79 Å². The van der Waals surface area contributed by atoms with Crippen molar-refractivity contribution in [1.29, 1.82) is 0 Å². The molecule has 1 saturated heterocycles. The molecule has 0 N–H and O–H groups in total. The summed E-state index contributed by atoms with van der Waals surface area (Å²) in [6.45, 7) is 13.1. The van der Waals surface area contributed by atoms with E-state index >= 15 is 0 Å². The maximum Gasteiger partial charge on any atom is 0.340 e. The Morgan fingerprint density at radius 2 is 1.70 bits per heavy atom. The Morgan fingerprint density at radius 3 is 2.37 bits per heavy atom. The summed E-state index contributed by atoms with van der Waals surface area (Å²) in [5, 5.41) is 0. The Bertz CT molecular complexity index is 859. The Kier molecular flexibility index (Phi) is 7.19. The van der Waals surface area contributed by atoms with Gasteiger partial charge in [0.25, 0.3) is 0 Å². The van der Waals surface area contributed by atoms with Gasteiger partial charge in [-0.3, -0.25) is 0 Å². The molecule has 2 aromatic carbocycles. The van der Waals surface area contributed by atoms with Gasteiger partial charge < -0.3 is 14.2 Å². The molecular formula is C26H34O4. The lowest BCUT2D eigenvalue weighted by Crippen LogP contribution is -2.46. The summed E-state index contributed by atoms with van der Waals surface area (Å²) in [5.41, 5.74) is 3.61. The number of rotatable bonds is 6. The number of carbonyl (C=O) groups excluding carboxylic acids is 1. The van der Waals surface area contributed by atoms with Gasteiger partial charge in [0.15, 0.2) is 0 Å². The predicted octanol–water partition coefficient (Wildman–Crippen LogP) is 6.08. The van der Waals surface area contributed by atoms with Crippen LogP contribution in [0.4, 0.5) is 0 Å². The molecule has 4 nitrogen and oxygen atoms in total. The van der Waals surface area contributed by atoms with Gasteiger partial charge in [-0.15, -0.1) is 0 Å². The van der Waals surface area contributed by atoms with Crippen molar-refractivity contribution in [3.05, 3.63) is 64.7 Å².